The molecule has 1 aromatic carbocycles. The zero-order valence-electron chi connectivity index (χ0n) is 8.18. The molecule has 1 aromatic rings. The van der Waals surface area contributed by atoms with E-state index in [0.29, 0.717) is 0 Å². The summed E-state index contributed by atoms with van der Waals surface area (Å²) in [6, 6.07) is 3.34. The molecule has 0 saturated carbocycles. The van der Waals surface area contributed by atoms with Gasteiger partial charge >= 0.3 is 0 Å². The maximum Gasteiger partial charge on any atom is 0.127 e. The van der Waals surface area contributed by atoms with Gasteiger partial charge in [0.15, 0.2) is 0 Å². The predicted molar refractivity (Wildman–Crippen MR) is 49.5 cm³/mol. The molecule has 2 nitrogen and oxygen atoms in total. The number of rotatable bonds is 3. The molecule has 0 unspecified atom stereocenters. The summed E-state index contributed by atoms with van der Waals surface area (Å²) >= 11 is 0. The second-order valence-electron chi connectivity index (χ2n) is 3.82. The Kier molecular flexibility index (Phi) is 3.18. The van der Waals surface area contributed by atoms with Crippen molar-refractivity contribution in [1.29, 1.82) is 0 Å². The van der Waals surface area contributed by atoms with E-state index in [9.17, 15) is 8.78 Å². The van der Waals surface area contributed by atoms with Gasteiger partial charge in [0, 0.05) is 5.41 Å². The van der Waals surface area contributed by atoms with E-state index in [-0.39, 0.29) is 12.2 Å². The van der Waals surface area contributed by atoms with Crippen molar-refractivity contribution < 1.29 is 13.6 Å². The van der Waals surface area contributed by atoms with Crippen LogP contribution in [0.15, 0.2) is 18.2 Å². The van der Waals surface area contributed by atoms with Crippen molar-refractivity contribution >= 4 is 0 Å². The molecule has 0 bridgehead atoms. The molecular weight excluding hydrogens is 188 g/mol. The fourth-order valence-electron chi connectivity index (χ4n) is 1.30. The molecule has 0 aromatic heterocycles. The van der Waals surface area contributed by atoms with Gasteiger partial charge in [-0.15, -0.1) is 0 Å². The van der Waals surface area contributed by atoms with Crippen LogP contribution >= 0.6 is 0 Å². The summed E-state index contributed by atoms with van der Waals surface area (Å²) in [4.78, 5) is 4.47. The summed E-state index contributed by atoms with van der Waals surface area (Å²) in [7, 11) is 0. The molecule has 14 heavy (non-hydrogen) atoms. The minimum absolute atomic E-state index is 0.132. The molecule has 0 fully saturated rings. The Bertz CT molecular complexity index is 326. The molecule has 2 N–H and O–H groups in total. The Balaban J connectivity index is 3.10. The minimum Gasteiger partial charge on any atom is -0.304 e. The zero-order chi connectivity index (χ0) is 10.8. The quantitative estimate of drug-likeness (QED) is 0.760. The zero-order valence-corrected chi connectivity index (χ0v) is 8.18. The smallest absolute Gasteiger partial charge is 0.127 e. The fourth-order valence-corrected chi connectivity index (χ4v) is 1.30. The monoisotopic (exact) mass is 201 g/mol. The van der Waals surface area contributed by atoms with Crippen molar-refractivity contribution in [2.75, 3.05) is 6.61 Å². The van der Waals surface area contributed by atoms with Crippen molar-refractivity contribution in [1.82, 2.24) is 0 Å². The molecule has 0 spiro atoms. The number of benzene rings is 1. The van der Waals surface area contributed by atoms with Gasteiger partial charge in [0.2, 0.25) is 0 Å². The van der Waals surface area contributed by atoms with Crippen LogP contribution in [0.2, 0.25) is 0 Å². The molecule has 78 valence electrons. The Morgan fingerprint density at radius 3 is 2.57 bits per heavy atom. The molecule has 4 heteroatoms. The van der Waals surface area contributed by atoms with Crippen LogP contribution in [0.25, 0.3) is 0 Å². The molecule has 0 amide bonds. The maximum absolute atomic E-state index is 13.3. The van der Waals surface area contributed by atoms with Crippen LogP contribution in [0.3, 0.4) is 0 Å². The first kappa shape index (κ1) is 11.1. The molecular formula is C10H13F2NO. The summed E-state index contributed by atoms with van der Waals surface area (Å²) in [5.74, 6) is 4.01. The summed E-state index contributed by atoms with van der Waals surface area (Å²) in [5, 5.41) is 0. The van der Waals surface area contributed by atoms with E-state index in [1.165, 1.54) is 0 Å². The average molecular weight is 201 g/mol. The van der Waals surface area contributed by atoms with Gasteiger partial charge in [0.1, 0.15) is 11.6 Å². The third-order valence-electron chi connectivity index (χ3n) is 2.10. The standard InChI is InChI=1S/C10H13F2NO/c1-10(2,6-14-13)8-5-7(11)3-4-9(8)12/h3-5H,6,13H2,1-2H3. The van der Waals surface area contributed by atoms with Gasteiger partial charge in [-0.05, 0) is 23.8 Å². The molecule has 0 aliphatic rings. The summed E-state index contributed by atoms with van der Waals surface area (Å²) < 4.78 is 26.2. The van der Waals surface area contributed by atoms with E-state index < -0.39 is 17.0 Å². The first-order valence-corrected chi connectivity index (χ1v) is 4.24. The van der Waals surface area contributed by atoms with Gasteiger partial charge in [-0.3, -0.25) is 0 Å². The molecule has 0 saturated heterocycles. The summed E-state index contributed by atoms with van der Waals surface area (Å²) in [6.07, 6.45) is 0. The number of hydrogen-bond donors (Lipinski definition) is 1. The van der Waals surface area contributed by atoms with Crippen LogP contribution in [0.4, 0.5) is 8.78 Å². The Hall–Kier alpha value is -1.00. The second-order valence-corrected chi connectivity index (χ2v) is 3.82. The molecule has 0 heterocycles. The SMILES string of the molecule is CC(C)(CON)c1cc(F)ccc1F. The summed E-state index contributed by atoms with van der Waals surface area (Å²) in [6.45, 7) is 3.60. The highest BCUT2D eigenvalue weighted by Gasteiger charge is 2.24. The number of nitrogens with two attached hydrogens (primary N) is 1. The van der Waals surface area contributed by atoms with E-state index >= 15 is 0 Å². The fraction of sp³-hybridized carbons (Fsp3) is 0.400. The lowest BCUT2D eigenvalue weighted by Gasteiger charge is -2.24. The number of halogens is 2. The van der Waals surface area contributed by atoms with Crippen molar-refractivity contribution in [3.05, 3.63) is 35.4 Å². The third-order valence-corrected chi connectivity index (χ3v) is 2.10. The Labute approximate surface area is 81.6 Å². The van der Waals surface area contributed by atoms with E-state index in [4.69, 9.17) is 5.90 Å². The van der Waals surface area contributed by atoms with Crippen molar-refractivity contribution in [2.24, 2.45) is 5.90 Å². The van der Waals surface area contributed by atoms with Gasteiger partial charge in [-0.25, -0.2) is 14.7 Å². The Morgan fingerprint density at radius 1 is 1.36 bits per heavy atom. The number of hydrogen-bond acceptors (Lipinski definition) is 2. The van der Waals surface area contributed by atoms with Gasteiger partial charge < -0.3 is 4.84 Å². The van der Waals surface area contributed by atoms with Crippen LogP contribution in [0.1, 0.15) is 19.4 Å². The van der Waals surface area contributed by atoms with Crippen LogP contribution in [0, 0.1) is 11.6 Å². The largest absolute Gasteiger partial charge is 0.304 e. The lowest BCUT2D eigenvalue weighted by molar-refractivity contribution is 0.0949. The molecule has 0 atom stereocenters. The average Bonchev–Trinajstić information content (AvgIpc) is 2.09. The Morgan fingerprint density at radius 2 is 2.00 bits per heavy atom. The van der Waals surface area contributed by atoms with E-state index in [0.717, 1.165) is 18.2 Å². The van der Waals surface area contributed by atoms with E-state index in [2.05, 4.69) is 4.84 Å². The van der Waals surface area contributed by atoms with Gasteiger partial charge in [-0.1, -0.05) is 13.8 Å². The van der Waals surface area contributed by atoms with Crippen LogP contribution in [0.5, 0.6) is 0 Å². The minimum atomic E-state index is -0.638. The topological polar surface area (TPSA) is 35.2 Å². The van der Waals surface area contributed by atoms with Crippen LogP contribution in [-0.2, 0) is 10.3 Å². The van der Waals surface area contributed by atoms with Gasteiger partial charge in [-0.2, -0.15) is 0 Å². The van der Waals surface area contributed by atoms with Gasteiger partial charge in [0.25, 0.3) is 0 Å². The lowest BCUT2D eigenvalue weighted by atomic mass is 9.85. The van der Waals surface area contributed by atoms with Crippen LogP contribution in [-0.4, -0.2) is 6.61 Å². The first-order valence-electron chi connectivity index (χ1n) is 4.24. The molecule has 0 aliphatic carbocycles. The lowest BCUT2D eigenvalue weighted by Crippen LogP contribution is -2.27. The van der Waals surface area contributed by atoms with Gasteiger partial charge in [0.05, 0.1) is 6.61 Å². The van der Waals surface area contributed by atoms with Crippen molar-refractivity contribution in [3.8, 4) is 0 Å². The molecule has 1 rings (SSSR count). The van der Waals surface area contributed by atoms with E-state index in [1.54, 1.807) is 13.8 Å². The van der Waals surface area contributed by atoms with Crippen LogP contribution < -0.4 is 5.90 Å². The van der Waals surface area contributed by atoms with Crippen molar-refractivity contribution in [2.45, 2.75) is 19.3 Å². The third kappa shape index (κ3) is 2.27. The second kappa shape index (κ2) is 4.02. The predicted octanol–water partition coefficient (Wildman–Crippen LogP) is 2.13. The summed E-state index contributed by atoms with van der Waals surface area (Å²) in [5.41, 5.74) is -0.371. The maximum atomic E-state index is 13.3. The normalized spacial score (nSPS) is 11.8. The first-order chi connectivity index (χ1) is 6.47. The highest BCUT2D eigenvalue weighted by atomic mass is 19.1. The van der Waals surface area contributed by atoms with E-state index in [1.807, 2.05) is 0 Å². The molecule has 0 radical (unpaired) electrons. The van der Waals surface area contributed by atoms with Crippen molar-refractivity contribution in [3.63, 3.8) is 0 Å². The highest BCUT2D eigenvalue weighted by molar-refractivity contribution is 5.26. The molecule has 0 aliphatic heterocycles. The highest BCUT2D eigenvalue weighted by Crippen LogP contribution is 2.26.